The zero-order valence-corrected chi connectivity index (χ0v) is 12.2. The van der Waals surface area contributed by atoms with E-state index < -0.39 is 40.1 Å². The quantitative estimate of drug-likeness (QED) is 0.597. The minimum absolute atomic E-state index is 0.101. The molecule has 0 saturated heterocycles. The molecule has 3 nitrogen and oxygen atoms in total. The zero-order valence-electron chi connectivity index (χ0n) is 11.5. The van der Waals surface area contributed by atoms with E-state index >= 15 is 0 Å². The summed E-state index contributed by atoms with van der Waals surface area (Å²) in [7, 11) is 0. The van der Waals surface area contributed by atoms with E-state index in [4.69, 9.17) is 11.6 Å². The summed E-state index contributed by atoms with van der Waals surface area (Å²) in [5, 5.41) is 1.63. The Balaban J connectivity index is 2.28. The summed E-state index contributed by atoms with van der Waals surface area (Å²) < 4.78 is 76.1. The van der Waals surface area contributed by atoms with Gasteiger partial charge in [0, 0.05) is 11.9 Å². The highest BCUT2D eigenvalue weighted by Crippen LogP contribution is 2.34. The summed E-state index contributed by atoms with van der Waals surface area (Å²) in [5.41, 5.74) is -3.15. The van der Waals surface area contributed by atoms with Crippen molar-refractivity contribution in [1.29, 1.82) is 0 Å². The van der Waals surface area contributed by atoms with Gasteiger partial charge in [0.1, 0.15) is 5.15 Å². The molecule has 10 heteroatoms. The number of carbonyl (C=O) groups is 1. The first kappa shape index (κ1) is 18.1. The summed E-state index contributed by atoms with van der Waals surface area (Å²) in [6, 6.07) is 3.73. The van der Waals surface area contributed by atoms with Gasteiger partial charge in [-0.25, -0.2) is 4.98 Å². The van der Waals surface area contributed by atoms with E-state index in [2.05, 4.69) is 10.3 Å². The highest BCUT2D eigenvalue weighted by molar-refractivity contribution is 6.29. The van der Waals surface area contributed by atoms with Crippen LogP contribution in [-0.2, 0) is 12.4 Å². The first-order valence-electron chi connectivity index (χ1n) is 6.20. The highest BCUT2D eigenvalue weighted by atomic mass is 35.5. The number of hydrogen-bond acceptors (Lipinski definition) is 2. The second-order valence-corrected chi connectivity index (χ2v) is 4.97. The number of nitrogens with zero attached hydrogens (tertiary/aromatic N) is 1. The molecular formula is C14H7ClF6N2O. The molecule has 1 aromatic heterocycles. The van der Waals surface area contributed by atoms with E-state index in [9.17, 15) is 31.1 Å². The predicted octanol–water partition coefficient (Wildman–Crippen LogP) is 5.02. The molecule has 2 rings (SSSR count). The van der Waals surface area contributed by atoms with Crippen LogP contribution >= 0.6 is 11.6 Å². The van der Waals surface area contributed by atoms with Crippen LogP contribution in [0.1, 0.15) is 21.5 Å². The van der Waals surface area contributed by atoms with Crippen LogP contribution in [0.25, 0.3) is 0 Å². The van der Waals surface area contributed by atoms with Crippen LogP contribution in [0.4, 0.5) is 32.0 Å². The molecule has 1 N–H and O–H groups in total. The van der Waals surface area contributed by atoms with Gasteiger partial charge >= 0.3 is 12.4 Å². The molecule has 0 spiro atoms. The van der Waals surface area contributed by atoms with Gasteiger partial charge in [-0.05, 0) is 30.3 Å². The lowest BCUT2D eigenvalue weighted by Crippen LogP contribution is -2.19. The Bertz CT molecular complexity index is 755. The lowest BCUT2D eigenvalue weighted by atomic mass is 10.1. The van der Waals surface area contributed by atoms with E-state index in [1.165, 1.54) is 0 Å². The number of anilines is 1. The Labute approximate surface area is 136 Å². The number of amides is 1. The van der Waals surface area contributed by atoms with Gasteiger partial charge in [-0.1, -0.05) is 11.6 Å². The van der Waals surface area contributed by atoms with Gasteiger partial charge in [0.05, 0.1) is 16.7 Å². The third-order valence-corrected chi connectivity index (χ3v) is 3.10. The molecule has 0 aliphatic carbocycles. The van der Waals surface area contributed by atoms with E-state index in [1.54, 1.807) is 0 Å². The number of aromatic nitrogens is 1. The summed E-state index contributed by atoms with van der Waals surface area (Å²) >= 11 is 5.40. The predicted molar refractivity (Wildman–Crippen MR) is 73.6 cm³/mol. The van der Waals surface area contributed by atoms with Crippen molar-refractivity contribution in [3.8, 4) is 0 Å². The number of alkyl halides is 6. The van der Waals surface area contributed by atoms with E-state index in [0.717, 1.165) is 12.1 Å². The SMILES string of the molecule is O=C(Nc1ccc(C(F)(F)F)cc1)c1cnc(Cl)cc1C(F)(F)F. The standard InChI is InChI=1S/C14H7ClF6N2O/c15-11-5-10(14(19,20)21)9(6-22-11)12(24)23-8-3-1-7(2-4-8)13(16,17)18/h1-6H,(H,23,24). The maximum Gasteiger partial charge on any atom is 0.417 e. The Morgan fingerprint density at radius 3 is 2.08 bits per heavy atom. The first-order chi connectivity index (χ1) is 11.0. The van der Waals surface area contributed by atoms with Gasteiger partial charge in [-0.3, -0.25) is 4.79 Å². The van der Waals surface area contributed by atoms with E-state index in [0.29, 0.717) is 24.4 Å². The molecule has 0 fully saturated rings. The number of carbonyl (C=O) groups excluding carboxylic acids is 1. The molecule has 0 aliphatic rings. The van der Waals surface area contributed by atoms with Gasteiger partial charge in [0.25, 0.3) is 5.91 Å². The molecule has 0 radical (unpaired) electrons. The topological polar surface area (TPSA) is 42.0 Å². The van der Waals surface area contributed by atoms with Crippen molar-refractivity contribution < 1.29 is 31.1 Å². The number of hydrogen-bond donors (Lipinski definition) is 1. The average Bonchev–Trinajstić information content (AvgIpc) is 2.45. The van der Waals surface area contributed by atoms with Crippen LogP contribution in [-0.4, -0.2) is 10.9 Å². The molecule has 0 bridgehead atoms. The number of benzene rings is 1. The molecule has 128 valence electrons. The Morgan fingerprint density at radius 2 is 1.58 bits per heavy atom. The average molecular weight is 369 g/mol. The first-order valence-corrected chi connectivity index (χ1v) is 6.57. The van der Waals surface area contributed by atoms with Gasteiger partial charge in [-0.15, -0.1) is 0 Å². The van der Waals surface area contributed by atoms with Crippen LogP contribution in [0.3, 0.4) is 0 Å². The molecule has 24 heavy (non-hydrogen) atoms. The fourth-order valence-corrected chi connectivity index (χ4v) is 1.94. The molecule has 0 aliphatic heterocycles. The number of pyridine rings is 1. The lowest BCUT2D eigenvalue weighted by Gasteiger charge is -2.13. The van der Waals surface area contributed by atoms with Crippen molar-refractivity contribution in [3.05, 3.63) is 58.4 Å². The lowest BCUT2D eigenvalue weighted by molar-refractivity contribution is -0.138. The number of halogens is 7. The van der Waals surface area contributed by atoms with Gasteiger partial charge in [0.2, 0.25) is 0 Å². The van der Waals surface area contributed by atoms with E-state index in [1.807, 2.05) is 0 Å². The van der Waals surface area contributed by atoms with Crippen LogP contribution in [0.2, 0.25) is 5.15 Å². The molecule has 1 heterocycles. The Morgan fingerprint density at radius 1 is 1.00 bits per heavy atom. The monoisotopic (exact) mass is 368 g/mol. The molecule has 2 aromatic rings. The summed E-state index contributed by atoms with van der Waals surface area (Å²) in [4.78, 5) is 15.4. The molecular weight excluding hydrogens is 362 g/mol. The third-order valence-electron chi connectivity index (χ3n) is 2.89. The van der Waals surface area contributed by atoms with Gasteiger partial charge < -0.3 is 5.32 Å². The number of nitrogens with one attached hydrogen (secondary N) is 1. The van der Waals surface area contributed by atoms with Crippen LogP contribution in [0.15, 0.2) is 36.5 Å². The summed E-state index contributed by atoms with van der Waals surface area (Å²) in [6.45, 7) is 0. The van der Waals surface area contributed by atoms with Gasteiger partial charge in [0.15, 0.2) is 0 Å². The maximum atomic E-state index is 12.9. The summed E-state index contributed by atoms with van der Waals surface area (Å²) in [5.74, 6) is -1.17. The summed E-state index contributed by atoms with van der Waals surface area (Å²) in [6.07, 6.45) is -8.77. The molecule has 1 aromatic carbocycles. The minimum Gasteiger partial charge on any atom is -0.322 e. The minimum atomic E-state index is -4.85. The highest BCUT2D eigenvalue weighted by Gasteiger charge is 2.36. The molecule has 0 unspecified atom stereocenters. The normalized spacial score (nSPS) is 12.1. The zero-order chi connectivity index (χ0) is 18.1. The Kier molecular flexibility index (Phi) is 4.75. The van der Waals surface area contributed by atoms with Crippen molar-refractivity contribution in [2.24, 2.45) is 0 Å². The van der Waals surface area contributed by atoms with Crippen LogP contribution in [0, 0.1) is 0 Å². The third kappa shape index (κ3) is 4.16. The second kappa shape index (κ2) is 6.31. The van der Waals surface area contributed by atoms with Crippen LogP contribution < -0.4 is 5.32 Å². The number of rotatable bonds is 2. The van der Waals surface area contributed by atoms with Gasteiger partial charge in [-0.2, -0.15) is 26.3 Å². The van der Waals surface area contributed by atoms with Crippen LogP contribution in [0.5, 0.6) is 0 Å². The maximum absolute atomic E-state index is 12.9. The molecule has 1 amide bonds. The van der Waals surface area contributed by atoms with Crippen molar-refractivity contribution >= 4 is 23.2 Å². The smallest absolute Gasteiger partial charge is 0.322 e. The fraction of sp³-hybridized carbons (Fsp3) is 0.143. The van der Waals surface area contributed by atoms with Crippen molar-refractivity contribution in [1.82, 2.24) is 4.98 Å². The largest absolute Gasteiger partial charge is 0.417 e. The molecule has 0 saturated carbocycles. The fourth-order valence-electron chi connectivity index (χ4n) is 1.79. The second-order valence-electron chi connectivity index (χ2n) is 4.58. The Hall–Kier alpha value is -2.29. The van der Waals surface area contributed by atoms with Crippen molar-refractivity contribution in [2.75, 3.05) is 5.32 Å². The van der Waals surface area contributed by atoms with Crippen molar-refractivity contribution in [2.45, 2.75) is 12.4 Å². The molecule has 0 atom stereocenters. The van der Waals surface area contributed by atoms with Crippen molar-refractivity contribution in [3.63, 3.8) is 0 Å². The van der Waals surface area contributed by atoms with E-state index in [-0.39, 0.29) is 5.69 Å².